The minimum atomic E-state index is -0.150. The van der Waals surface area contributed by atoms with Crippen molar-refractivity contribution in [3.05, 3.63) is 33.5 Å². The van der Waals surface area contributed by atoms with E-state index in [4.69, 9.17) is 4.74 Å². The molecule has 1 N–H and O–H groups in total. The number of ether oxygens (including phenoxy) is 1. The van der Waals surface area contributed by atoms with E-state index in [9.17, 15) is 4.79 Å². The molecule has 4 rings (SSSR count). The molecule has 1 spiro atoms. The van der Waals surface area contributed by atoms with E-state index in [0.717, 1.165) is 50.4 Å². The van der Waals surface area contributed by atoms with Crippen LogP contribution in [0, 0.1) is 5.92 Å². The molecule has 138 valence electrons. The molecule has 0 aliphatic carbocycles. The van der Waals surface area contributed by atoms with Crippen LogP contribution in [0.15, 0.2) is 18.2 Å². The van der Waals surface area contributed by atoms with Crippen LogP contribution in [0.3, 0.4) is 0 Å². The van der Waals surface area contributed by atoms with E-state index < -0.39 is 0 Å². The fourth-order valence-electron chi connectivity index (χ4n) is 4.21. The molecule has 4 heterocycles. The lowest BCUT2D eigenvalue weighted by molar-refractivity contribution is -0.0771. The Hall–Kier alpha value is -0.880. The molecule has 1 aromatic heterocycles. The molecule has 1 atom stereocenters. The van der Waals surface area contributed by atoms with Gasteiger partial charge in [-0.3, -0.25) is 4.79 Å². The van der Waals surface area contributed by atoms with Crippen molar-refractivity contribution in [2.24, 2.45) is 5.92 Å². The van der Waals surface area contributed by atoms with E-state index in [1.807, 2.05) is 4.90 Å². The van der Waals surface area contributed by atoms with Crippen LogP contribution in [-0.2, 0) is 16.8 Å². The third-order valence-corrected chi connectivity index (χ3v) is 6.88. The fourth-order valence-corrected chi connectivity index (χ4v) is 5.58. The molecule has 0 bridgehead atoms. The van der Waals surface area contributed by atoms with Gasteiger partial charge in [-0.1, -0.05) is 26.0 Å². The lowest BCUT2D eigenvalue weighted by atomic mass is 9.86. The average Bonchev–Trinajstić information content (AvgIpc) is 3.23. The third kappa shape index (κ3) is 3.27. The molecule has 0 radical (unpaired) electrons. The lowest BCUT2D eigenvalue weighted by Crippen LogP contribution is -2.44. The summed E-state index contributed by atoms with van der Waals surface area (Å²) in [7, 11) is 0. The summed E-state index contributed by atoms with van der Waals surface area (Å²) in [5.74, 6) is 0.628. The first kappa shape index (κ1) is 18.9. The van der Waals surface area contributed by atoms with E-state index in [-0.39, 0.29) is 30.0 Å². The maximum Gasteiger partial charge on any atom is 0.264 e. The number of halogens is 1. The van der Waals surface area contributed by atoms with E-state index in [1.165, 1.54) is 10.4 Å². The number of nitrogens with zero attached hydrogens (tertiary/aromatic N) is 1. The van der Waals surface area contributed by atoms with Gasteiger partial charge in [0, 0.05) is 11.4 Å². The number of amides is 1. The maximum absolute atomic E-state index is 13.1. The largest absolute Gasteiger partial charge is 0.369 e. The molecule has 1 amide bonds. The van der Waals surface area contributed by atoms with Gasteiger partial charge in [0.1, 0.15) is 5.60 Å². The van der Waals surface area contributed by atoms with Crippen LogP contribution in [0.1, 0.15) is 46.8 Å². The van der Waals surface area contributed by atoms with E-state index in [0.29, 0.717) is 5.92 Å². The first-order valence-electron chi connectivity index (χ1n) is 9.06. The van der Waals surface area contributed by atoms with Gasteiger partial charge in [-0.05, 0) is 49.9 Å². The number of piperidine rings is 1. The first-order valence-corrected chi connectivity index (χ1v) is 9.88. The standard InChI is InChI=1S/C19H26N2O2S.ClH/c1-13(2)15-4-3-10-21(15)18(22)16-12-14-5-11-23-19(17(14)24-16)6-8-20-9-7-19;/h3-4,12-13,15,20H,5-11H2,1-2H3;1H. The second kappa shape index (κ2) is 7.39. The first-order chi connectivity index (χ1) is 11.6. The van der Waals surface area contributed by atoms with Gasteiger partial charge in [0.05, 0.1) is 17.5 Å². The van der Waals surface area contributed by atoms with Crippen LogP contribution in [0.4, 0.5) is 0 Å². The molecule has 0 saturated carbocycles. The quantitative estimate of drug-likeness (QED) is 0.797. The number of hydrogen-bond acceptors (Lipinski definition) is 4. The minimum absolute atomic E-state index is 0. The van der Waals surface area contributed by atoms with Gasteiger partial charge in [-0.2, -0.15) is 0 Å². The fraction of sp³-hybridized carbons (Fsp3) is 0.632. The van der Waals surface area contributed by atoms with Crippen LogP contribution in [0.25, 0.3) is 0 Å². The van der Waals surface area contributed by atoms with Crippen molar-refractivity contribution in [2.75, 3.05) is 26.2 Å². The van der Waals surface area contributed by atoms with E-state index in [2.05, 4.69) is 37.4 Å². The van der Waals surface area contributed by atoms with Crippen molar-refractivity contribution in [2.45, 2.75) is 44.8 Å². The summed E-state index contributed by atoms with van der Waals surface area (Å²) in [6.45, 7) is 7.85. The molecule has 25 heavy (non-hydrogen) atoms. The molecule has 1 fully saturated rings. The predicted molar refractivity (Wildman–Crippen MR) is 104 cm³/mol. The molecule has 6 heteroatoms. The minimum Gasteiger partial charge on any atom is -0.369 e. The van der Waals surface area contributed by atoms with Crippen LogP contribution in [0.2, 0.25) is 0 Å². The van der Waals surface area contributed by atoms with Crippen molar-refractivity contribution < 1.29 is 9.53 Å². The Morgan fingerprint density at radius 1 is 1.40 bits per heavy atom. The molecule has 1 unspecified atom stereocenters. The van der Waals surface area contributed by atoms with Crippen molar-refractivity contribution in [3.8, 4) is 0 Å². The van der Waals surface area contributed by atoms with Gasteiger partial charge in [0.15, 0.2) is 0 Å². The Morgan fingerprint density at radius 3 is 2.88 bits per heavy atom. The van der Waals surface area contributed by atoms with Gasteiger partial charge in [-0.15, -0.1) is 23.7 Å². The Bertz CT molecular complexity index is 664. The Balaban J connectivity index is 0.00000182. The monoisotopic (exact) mass is 382 g/mol. The predicted octanol–water partition coefficient (Wildman–Crippen LogP) is 3.36. The summed E-state index contributed by atoms with van der Waals surface area (Å²) in [5, 5.41) is 3.42. The van der Waals surface area contributed by atoms with Gasteiger partial charge in [0.25, 0.3) is 5.91 Å². The van der Waals surface area contributed by atoms with Crippen molar-refractivity contribution in [1.29, 1.82) is 0 Å². The number of rotatable bonds is 2. The highest BCUT2D eigenvalue weighted by Gasteiger charge is 2.41. The molecule has 4 nitrogen and oxygen atoms in total. The Morgan fingerprint density at radius 2 is 2.16 bits per heavy atom. The summed E-state index contributed by atoms with van der Waals surface area (Å²) >= 11 is 1.68. The smallest absolute Gasteiger partial charge is 0.264 e. The number of thiophene rings is 1. The van der Waals surface area contributed by atoms with Gasteiger partial charge < -0.3 is 15.0 Å². The zero-order chi connectivity index (χ0) is 16.7. The SMILES string of the molecule is CC(C)C1C=CCN1C(=O)c1cc2c(s1)C1(CCNCC1)OCC2.Cl. The normalized spacial score (nSPS) is 24.4. The summed E-state index contributed by atoms with van der Waals surface area (Å²) in [6.07, 6.45) is 7.24. The topological polar surface area (TPSA) is 41.6 Å². The molecule has 1 aromatic rings. The summed E-state index contributed by atoms with van der Waals surface area (Å²) < 4.78 is 6.24. The molecule has 1 saturated heterocycles. The number of carbonyl (C=O) groups is 1. The molecular formula is C19H27ClN2O2S. The van der Waals surface area contributed by atoms with Crippen molar-refractivity contribution >= 4 is 29.7 Å². The van der Waals surface area contributed by atoms with Crippen LogP contribution >= 0.6 is 23.7 Å². The zero-order valence-corrected chi connectivity index (χ0v) is 16.5. The van der Waals surface area contributed by atoms with Gasteiger partial charge in [-0.25, -0.2) is 0 Å². The molecule has 0 aromatic carbocycles. The highest BCUT2D eigenvalue weighted by Crippen LogP contribution is 2.44. The van der Waals surface area contributed by atoms with Gasteiger partial charge >= 0.3 is 0 Å². The summed E-state index contributed by atoms with van der Waals surface area (Å²) in [4.78, 5) is 17.3. The molecular weight excluding hydrogens is 356 g/mol. The van der Waals surface area contributed by atoms with Crippen molar-refractivity contribution in [1.82, 2.24) is 10.2 Å². The second-order valence-corrected chi connectivity index (χ2v) is 8.48. The summed E-state index contributed by atoms with van der Waals surface area (Å²) in [5.41, 5.74) is 1.19. The second-order valence-electron chi connectivity index (χ2n) is 7.43. The number of carbonyl (C=O) groups excluding carboxylic acids is 1. The third-order valence-electron chi connectivity index (χ3n) is 5.53. The molecule has 3 aliphatic heterocycles. The number of fused-ring (bicyclic) bond motifs is 2. The van der Waals surface area contributed by atoms with Crippen molar-refractivity contribution in [3.63, 3.8) is 0 Å². The zero-order valence-electron chi connectivity index (χ0n) is 14.9. The van der Waals surface area contributed by atoms with Crippen LogP contribution < -0.4 is 5.32 Å². The van der Waals surface area contributed by atoms with Crippen LogP contribution in [-0.4, -0.2) is 43.1 Å². The lowest BCUT2D eigenvalue weighted by Gasteiger charge is -2.40. The van der Waals surface area contributed by atoms with E-state index >= 15 is 0 Å². The summed E-state index contributed by atoms with van der Waals surface area (Å²) in [6, 6.07) is 2.37. The Kier molecular flexibility index (Phi) is 5.59. The Labute approximate surface area is 160 Å². The highest BCUT2D eigenvalue weighted by molar-refractivity contribution is 7.14. The maximum atomic E-state index is 13.1. The average molecular weight is 383 g/mol. The highest BCUT2D eigenvalue weighted by atomic mass is 35.5. The molecule has 3 aliphatic rings. The number of nitrogens with one attached hydrogen (secondary N) is 1. The number of hydrogen-bond donors (Lipinski definition) is 1. The van der Waals surface area contributed by atoms with Crippen LogP contribution in [0.5, 0.6) is 0 Å². The van der Waals surface area contributed by atoms with Gasteiger partial charge in [0.2, 0.25) is 0 Å². The van der Waals surface area contributed by atoms with E-state index in [1.54, 1.807) is 11.3 Å².